The monoisotopic (exact) mass is 303 g/mol. The van der Waals surface area contributed by atoms with E-state index in [2.05, 4.69) is 11.9 Å². The maximum Gasteiger partial charge on any atom is 0.407 e. The van der Waals surface area contributed by atoms with Crippen molar-refractivity contribution in [3.8, 4) is 0 Å². The third kappa shape index (κ3) is 14.6. The lowest BCUT2D eigenvalue weighted by molar-refractivity contribution is -0.148. The Balaban J connectivity index is 3.35. The van der Waals surface area contributed by atoms with Gasteiger partial charge in [-0.25, -0.2) is 9.59 Å². The molecule has 7 nitrogen and oxygen atoms in total. The van der Waals surface area contributed by atoms with Crippen molar-refractivity contribution in [3.63, 3.8) is 0 Å². The number of hydrogen-bond donors (Lipinski definition) is 1. The Morgan fingerprint density at radius 1 is 1.14 bits per heavy atom. The first-order valence-corrected chi connectivity index (χ1v) is 6.74. The molecule has 0 aliphatic rings. The molecule has 0 aromatic carbocycles. The van der Waals surface area contributed by atoms with Crippen LogP contribution in [-0.2, 0) is 23.7 Å². The standard InChI is InChI=1S/C14H25NO6/c1-5-7-20-12(16)11-19-10-9-18-8-6-15-13(17)21-14(2,3)4/h5H,1,6-11H2,2-4H3,(H,15,17). The molecule has 0 aliphatic carbocycles. The van der Waals surface area contributed by atoms with E-state index in [1.165, 1.54) is 6.08 Å². The van der Waals surface area contributed by atoms with Crippen molar-refractivity contribution in [2.45, 2.75) is 26.4 Å². The molecule has 0 saturated heterocycles. The Bertz CT molecular complexity index is 324. The molecular weight excluding hydrogens is 278 g/mol. The molecule has 0 spiro atoms. The Morgan fingerprint density at radius 3 is 2.43 bits per heavy atom. The van der Waals surface area contributed by atoms with Gasteiger partial charge >= 0.3 is 12.1 Å². The Labute approximate surface area is 125 Å². The molecule has 0 atom stereocenters. The predicted octanol–water partition coefficient (Wildman–Crippen LogP) is 1.27. The third-order valence-electron chi connectivity index (χ3n) is 1.87. The van der Waals surface area contributed by atoms with Crippen molar-refractivity contribution < 1.29 is 28.5 Å². The van der Waals surface area contributed by atoms with Gasteiger partial charge in [-0.05, 0) is 20.8 Å². The zero-order valence-corrected chi connectivity index (χ0v) is 13.0. The molecule has 122 valence electrons. The number of carbonyl (C=O) groups excluding carboxylic acids is 2. The molecule has 0 heterocycles. The molecule has 1 N–H and O–H groups in total. The van der Waals surface area contributed by atoms with E-state index >= 15 is 0 Å². The summed E-state index contributed by atoms with van der Waals surface area (Å²) in [4.78, 5) is 22.3. The third-order valence-corrected chi connectivity index (χ3v) is 1.87. The molecule has 0 fully saturated rings. The molecule has 0 unspecified atom stereocenters. The van der Waals surface area contributed by atoms with Crippen LogP contribution < -0.4 is 5.32 Å². The molecule has 0 aliphatic heterocycles. The van der Waals surface area contributed by atoms with Gasteiger partial charge in [-0.1, -0.05) is 12.7 Å². The summed E-state index contributed by atoms with van der Waals surface area (Å²) < 4.78 is 20.0. The zero-order chi connectivity index (χ0) is 16.1. The van der Waals surface area contributed by atoms with E-state index < -0.39 is 17.7 Å². The highest BCUT2D eigenvalue weighted by Gasteiger charge is 2.15. The van der Waals surface area contributed by atoms with Gasteiger partial charge in [0.05, 0.1) is 19.8 Å². The highest BCUT2D eigenvalue weighted by Crippen LogP contribution is 2.05. The van der Waals surface area contributed by atoms with Gasteiger partial charge in [-0.3, -0.25) is 0 Å². The van der Waals surface area contributed by atoms with Crippen LogP contribution >= 0.6 is 0 Å². The lowest BCUT2D eigenvalue weighted by atomic mass is 10.2. The van der Waals surface area contributed by atoms with Crippen molar-refractivity contribution in [1.29, 1.82) is 0 Å². The summed E-state index contributed by atoms with van der Waals surface area (Å²) in [6.07, 6.45) is 1.01. The van der Waals surface area contributed by atoms with Crippen LogP contribution in [0, 0.1) is 0 Å². The average Bonchev–Trinajstić information content (AvgIpc) is 2.37. The number of esters is 1. The first kappa shape index (κ1) is 19.4. The first-order valence-electron chi connectivity index (χ1n) is 6.74. The summed E-state index contributed by atoms with van der Waals surface area (Å²) in [6.45, 7) is 10.1. The SMILES string of the molecule is C=CCOC(=O)COCCOCCNC(=O)OC(C)(C)C. The van der Waals surface area contributed by atoms with Crippen LogP contribution in [0.2, 0.25) is 0 Å². The second-order valence-corrected chi connectivity index (χ2v) is 5.07. The van der Waals surface area contributed by atoms with Crippen LogP contribution in [0.1, 0.15) is 20.8 Å². The number of hydrogen-bond acceptors (Lipinski definition) is 6. The molecule has 0 aromatic rings. The molecule has 0 bridgehead atoms. The smallest absolute Gasteiger partial charge is 0.407 e. The van der Waals surface area contributed by atoms with Gasteiger partial charge in [0.2, 0.25) is 0 Å². The first-order chi connectivity index (χ1) is 9.85. The zero-order valence-electron chi connectivity index (χ0n) is 13.0. The highest BCUT2D eigenvalue weighted by molar-refractivity contribution is 5.70. The fourth-order valence-corrected chi connectivity index (χ4v) is 1.11. The molecule has 1 amide bonds. The number of carbonyl (C=O) groups is 2. The lowest BCUT2D eigenvalue weighted by Gasteiger charge is -2.19. The summed E-state index contributed by atoms with van der Waals surface area (Å²) in [5.74, 6) is -0.443. The maximum atomic E-state index is 11.3. The summed E-state index contributed by atoms with van der Waals surface area (Å²) in [5.41, 5.74) is -0.515. The Morgan fingerprint density at radius 2 is 1.81 bits per heavy atom. The van der Waals surface area contributed by atoms with Gasteiger partial charge in [0.15, 0.2) is 0 Å². The maximum absolute atomic E-state index is 11.3. The molecule has 0 rings (SSSR count). The van der Waals surface area contributed by atoms with Crippen LogP contribution in [-0.4, -0.2) is 57.2 Å². The second kappa shape index (κ2) is 11.1. The average molecular weight is 303 g/mol. The minimum atomic E-state index is -0.515. The van der Waals surface area contributed by atoms with Gasteiger partial charge < -0.3 is 24.3 Å². The largest absolute Gasteiger partial charge is 0.460 e. The van der Waals surface area contributed by atoms with Crippen molar-refractivity contribution in [2.24, 2.45) is 0 Å². The van der Waals surface area contributed by atoms with Crippen LogP contribution in [0.4, 0.5) is 4.79 Å². The Kier molecular flexibility index (Phi) is 10.3. The van der Waals surface area contributed by atoms with Crippen LogP contribution in [0.25, 0.3) is 0 Å². The van der Waals surface area contributed by atoms with Crippen LogP contribution in [0.15, 0.2) is 12.7 Å². The van der Waals surface area contributed by atoms with Gasteiger partial charge in [0.25, 0.3) is 0 Å². The molecule has 21 heavy (non-hydrogen) atoms. The van der Waals surface area contributed by atoms with E-state index in [1.807, 2.05) is 0 Å². The van der Waals surface area contributed by atoms with E-state index in [0.29, 0.717) is 19.8 Å². The summed E-state index contributed by atoms with van der Waals surface area (Å²) in [6, 6.07) is 0. The van der Waals surface area contributed by atoms with Crippen LogP contribution in [0.5, 0.6) is 0 Å². The molecule has 0 radical (unpaired) electrons. The number of nitrogens with one attached hydrogen (secondary N) is 1. The second-order valence-electron chi connectivity index (χ2n) is 5.07. The van der Waals surface area contributed by atoms with E-state index in [9.17, 15) is 9.59 Å². The lowest BCUT2D eigenvalue weighted by Crippen LogP contribution is -2.34. The minimum Gasteiger partial charge on any atom is -0.460 e. The summed E-state index contributed by atoms with van der Waals surface area (Å²) in [5, 5.41) is 2.56. The van der Waals surface area contributed by atoms with Gasteiger partial charge in [0, 0.05) is 6.54 Å². The van der Waals surface area contributed by atoms with Gasteiger partial charge in [-0.15, -0.1) is 0 Å². The fourth-order valence-electron chi connectivity index (χ4n) is 1.11. The van der Waals surface area contributed by atoms with E-state index in [4.69, 9.17) is 18.9 Å². The van der Waals surface area contributed by atoms with Crippen molar-refractivity contribution in [1.82, 2.24) is 5.32 Å². The van der Waals surface area contributed by atoms with Crippen LogP contribution in [0.3, 0.4) is 0 Å². The van der Waals surface area contributed by atoms with E-state index in [0.717, 1.165) is 0 Å². The van der Waals surface area contributed by atoms with E-state index in [-0.39, 0.29) is 19.8 Å². The number of rotatable bonds is 10. The van der Waals surface area contributed by atoms with E-state index in [1.54, 1.807) is 20.8 Å². The highest BCUT2D eigenvalue weighted by atomic mass is 16.6. The number of alkyl carbamates (subject to hydrolysis) is 1. The minimum absolute atomic E-state index is 0.118. The van der Waals surface area contributed by atoms with Crippen molar-refractivity contribution in [3.05, 3.63) is 12.7 Å². The molecule has 7 heteroatoms. The Hall–Kier alpha value is -1.60. The van der Waals surface area contributed by atoms with Gasteiger partial charge in [0.1, 0.15) is 18.8 Å². The topological polar surface area (TPSA) is 83.1 Å². The van der Waals surface area contributed by atoms with Crippen molar-refractivity contribution >= 4 is 12.1 Å². The molecule has 0 aromatic heterocycles. The quantitative estimate of drug-likeness (QED) is 0.372. The predicted molar refractivity (Wildman–Crippen MR) is 77.0 cm³/mol. The summed E-state index contributed by atoms with van der Waals surface area (Å²) >= 11 is 0. The summed E-state index contributed by atoms with van der Waals surface area (Å²) in [7, 11) is 0. The van der Waals surface area contributed by atoms with Crippen molar-refractivity contribution in [2.75, 3.05) is 39.6 Å². The normalized spacial score (nSPS) is 10.8. The number of amides is 1. The fraction of sp³-hybridized carbons (Fsp3) is 0.714. The van der Waals surface area contributed by atoms with Gasteiger partial charge in [-0.2, -0.15) is 0 Å². The molecular formula is C14H25NO6. The number of ether oxygens (including phenoxy) is 4. The molecule has 0 saturated carbocycles.